The fourth-order valence-corrected chi connectivity index (χ4v) is 1.70. The Hall–Kier alpha value is -1.75. The SMILES string of the molecule is CN(CC(=O)O)C(=O)C(C)(C)Oc1ccc(Cl)cc1. The zero-order chi connectivity index (χ0) is 14.6. The van der Waals surface area contributed by atoms with Gasteiger partial charge in [0.25, 0.3) is 5.91 Å². The molecule has 1 amide bonds. The fraction of sp³-hybridized carbons (Fsp3) is 0.385. The summed E-state index contributed by atoms with van der Waals surface area (Å²) in [4.78, 5) is 23.8. The third-order valence-electron chi connectivity index (χ3n) is 2.42. The van der Waals surface area contributed by atoms with Crippen molar-refractivity contribution in [3.05, 3.63) is 29.3 Å². The third-order valence-corrected chi connectivity index (χ3v) is 2.67. The molecule has 0 aliphatic rings. The lowest BCUT2D eigenvalue weighted by atomic mass is 10.1. The van der Waals surface area contributed by atoms with Gasteiger partial charge in [-0.1, -0.05) is 11.6 Å². The van der Waals surface area contributed by atoms with Gasteiger partial charge in [-0.25, -0.2) is 0 Å². The topological polar surface area (TPSA) is 66.8 Å². The number of ether oxygens (including phenoxy) is 1. The van der Waals surface area contributed by atoms with Crippen molar-refractivity contribution >= 4 is 23.5 Å². The number of carbonyl (C=O) groups excluding carboxylic acids is 1. The van der Waals surface area contributed by atoms with E-state index in [1.54, 1.807) is 38.1 Å². The molecule has 0 unspecified atom stereocenters. The Balaban J connectivity index is 2.76. The van der Waals surface area contributed by atoms with Gasteiger partial charge in [-0.05, 0) is 38.1 Å². The van der Waals surface area contributed by atoms with Gasteiger partial charge in [-0.2, -0.15) is 0 Å². The van der Waals surface area contributed by atoms with E-state index in [4.69, 9.17) is 21.4 Å². The summed E-state index contributed by atoms with van der Waals surface area (Å²) in [5.41, 5.74) is -1.15. The van der Waals surface area contributed by atoms with E-state index in [0.29, 0.717) is 10.8 Å². The lowest BCUT2D eigenvalue weighted by Gasteiger charge is -2.29. The zero-order valence-corrected chi connectivity index (χ0v) is 11.8. The van der Waals surface area contributed by atoms with Crippen LogP contribution in [0.5, 0.6) is 5.75 Å². The van der Waals surface area contributed by atoms with Crippen molar-refractivity contribution in [2.45, 2.75) is 19.4 Å². The van der Waals surface area contributed by atoms with Crippen molar-refractivity contribution in [3.63, 3.8) is 0 Å². The fourth-order valence-electron chi connectivity index (χ4n) is 1.58. The molecule has 0 aliphatic heterocycles. The first kappa shape index (κ1) is 15.3. The van der Waals surface area contributed by atoms with Gasteiger partial charge >= 0.3 is 5.97 Å². The summed E-state index contributed by atoms with van der Waals surface area (Å²) in [6.45, 7) is 2.80. The molecule has 0 bridgehead atoms. The summed E-state index contributed by atoms with van der Waals surface area (Å²) in [5, 5.41) is 9.24. The molecule has 0 saturated heterocycles. The van der Waals surface area contributed by atoms with Crippen molar-refractivity contribution in [1.29, 1.82) is 0 Å². The Morgan fingerprint density at radius 3 is 2.32 bits per heavy atom. The molecule has 1 aromatic rings. The molecule has 6 heteroatoms. The van der Waals surface area contributed by atoms with Gasteiger partial charge in [0, 0.05) is 12.1 Å². The second kappa shape index (κ2) is 5.93. The van der Waals surface area contributed by atoms with E-state index in [9.17, 15) is 9.59 Å². The normalized spacial score (nSPS) is 10.9. The number of nitrogens with zero attached hydrogens (tertiary/aromatic N) is 1. The van der Waals surface area contributed by atoms with E-state index in [2.05, 4.69) is 0 Å². The molecule has 0 fully saturated rings. The number of aliphatic carboxylic acids is 1. The van der Waals surface area contributed by atoms with Crippen LogP contribution in [0.4, 0.5) is 0 Å². The number of hydrogen-bond acceptors (Lipinski definition) is 3. The predicted octanol–water partition coefficient (Wildman–Crippen LogP) is 2.04. The standard InChI is InChI=1S/C13H16ClNO4/c1-13(2,12(18)15(3)8-11(16)17)19-10-6-4-9(14)5-7-10/h4-7H,8H2,1-3H3,(H,16,17). The largest absolute Gasteiger partial charge is 0.480 e. The van der Waals surface area contributed by atoms with Crippen LogP contribution in [0.3, 0.4) is 0 Å². The smallest absolute Gasteiger partial charge is 0.323 e. The van der Waals surface area contributed by atoms with E-state index >= 15 is 0 Å². The molecule has 0 radical (unpaired) electrons. The molecule has 0 aliphatic carbocycles. The molecule has 0 spiro atoms. The van der Waals surface area contributed by atoms with Crippen LogP contribution in [0.15, 0.2) is 24.3 Å². The molecule has 1 aromatic carbocycles. The first-order valence-electron chi connectivity index (χ1n) is 5.64. The van der Waals surface area contributed by atoms with Crippen LogP contribution in [0, 0.1) is 0 Å². The molecular formula is C13H16ClNO4. The lowest BCUT2D eigenvalue weighted by Crippen LogP contribution is -2.48. The molecule has 0 aromatic heterocycles. The van der Waals surface area contributed by atoms with Crippen LogP contribution < -0.4 is 4.74 Å². The van der Waals surface area contributed by atoms with Gasteiger partial charge in [0.2, 0.25) is 0 Å². The van der Waals surface area contributed by atoms with Gasteiger partial charge in [-0.15, -0.1) is 0 Å². The monoisotopic (exact) mass is 285 g/mol. The summed E-state index contributed by atoms with van der Waals surface area (Å²) < 4.78 is 5.58. The maximum atomic E-state index is 12.1. The van der Waals surface area contributed by atoms with Gasteiger partial charge in [0.15, 0.2) is 5.60 Å². The Kier molecular flexibility index (Phi) is 4.78. The van der Waals surface area contributed by atoms with Crippen LogP contribution in [0.2, 0.25) is 5.02 Å². The molecule has 5 nitrogen and oxygen atoms in total. The van der Waals surface area contributed by atoms with E-state index < -0.39 is 17.5 Å². The minimum Gasteiger partial charge on any atom is -0.480 e. The summed E-state index contributed by atoms with van der Waals surface area (Å²) >= 11 is 5.76. The van der Waals surface area contributed by atoms with Crippen molar-refractivity contribution in [2.75, 3.05) is 13.6 Å². The van der Waals surface area contributed by atoms with Crippen molar-refractivity contribution in [2.24, 2.45) is 0 Å². The number of carboxylic acid groups (broad SMARTS) is 1. The number of benzene rings is 1. The van der Waals surface area contributed by atoms with Gasteiger partial charge < -0.3 is 14.7 Å². The minimum atomic E-state index is -1.15. The predicted molar refractivity (Wildman–Crippen MR) is 71.4 cm³/mol. The Labute approximate surface area is 116 Å². The lowest BCUT2D eigenvalue weighted by molar-refractivity contribution is -0.150. The minimum absolute atomic E-state index is 0.369. The van der Waals surface area contributed by atoms with Gasteiger partial charge in [-0.3, -0.25) is 9.59 Å². The Morgan fingerprint density at radius 1 is 1.32 bits per heavy atom. The maximum absolute atomic E-state index is 12.1. The number of hydrogen-bond donors (Lipinski definition) is 1. The highest BCUT2D eigenvalue weighted by Gasteiger charge is 2.33. The third kappa shape index (κ3) is 4.44. The quantitative estimate of drug-likeness (QED) is 0.899. The van der Waals surface area contributed by atoms with Crippen LogP contribution in [0.1, 0.15) is 13.8 Å². The highest BCUT2D eigenvalue weighted by molar-refractivity contribution is 6.30. The molecule has 0 atom stereocenters. The average molecular weight is 286 g/mol. The van der Waals surface area contributed by atoms with Crippen LogP contribution in [-0.4, -0.2) is 41.1 Å². The summed E-state index contributed by atoms with van der Waals surface area (Å²) in [6.07, 6.45) is 0. The zero-order valence-electron chi connectivity index (χ0n) is 11.0. The number of likely N-dealkylation sites (N-methyl/N-ethyl adjacent to an activating group) is 1. The van der Waals surface area contributed by atoms with Crippen LogP contribution in [-0.2, 0) is 9.59 Å². The molecular weight excluding hydrogens is 270 g/mol. The van der Waals surface area contributed by atoms with Crippen molar-refractivity contribution in [3.8, 4) is 5.75 Å². The van der Waals surface area contributed by atoms with Gasteiger partial charge in [0.05, 0.1) is 0 Å². The van der Waals surface area contributed by atoms with Gasteiger partial charge in [0.1, 0.15) is 12.3 Å². The van der Waals surface area contributed by atoms with Crippen LogP contribution >= 0.6 is 11.6 Å². The Bertz CT molecular complexity index is 470. The number of amides is 1. The molecule has 1 rings (SSSR count). The average Bonchev–Trinajstić information content (AvgIpc) is 2.30. The summed E-state index contributed by atoms with van der Waals surface area (Å²) in [5.74, 6) is -0.991. The van der Waals surface area contributed by atoms with E-state index in [-0.39, 0.29) is 6.54 Å². The second-order valence-electron chi connectivity index (χ2n) is 4.62. The summed E-state index contributed by atoms with van der Waals surface area (Å²) in [6, 6.07) is 6.60. The Morgan fingerprint density at radius 2 is 1.84 bits per heavy atom. The first-order valence-corrected chi connectivity index (χ1v) is 6.02. The second-order valence-corrected chi connectivity index (χ2v) is 5.06. The highest BCUT2D eigenvalue weighted by atomic mass is 35.5. The van der Waals surface area contributed by atoms with E-state index in [1.807, 2.05) is 0 Å². The molecule has 1 N–H and O–H groups in total. The molecule has 0 saturated carbocycles. The van der Waals surface area contributed by atoms with Crippen LogP contribution in [0.25, 0.3) is 0 Å². The number of carbonyl (C=O) groups is 2. The molecule has 19 heavy (non-hydrogen) atoms. The van der Waals surface area contributed by atoms with Crippen molar-refractivity contribution in [1.82, 2.24) is 4.90 Å². The highest BCUT2D eigenvalue weighted by Crippen LogP contribution is 2.22. The number of rotatable bonds is 5. The van der Waals surface area contributed by atoms with Crippen molar-refractivity contribution < 1.29 is 19.4 Å². The summed E-state index contributed by atoms with van der Waals surface area (Å²) in [7, 11) is 1.42. The van der Waals surface area contributed by atoms with E-state index in [0.717, 1.165) is 4.90 Å². The number of carboxylic acids is 1. The number of halogens is 1. The maximum Gasteiger partial charge on any atom is 0.323 e. The molecule has 0 heterocycles. The first-order chi connectivity index (χ1) is 8.72. The molecule has 104 valence electrons. The van der Waals surface area contributed by atoms with E-state index in [1.165, 1.54) is 7.05 Å².